The minimum Gasteiger partial charge on any atom is -0.411 e. The Morgan fingerprint density at radius 2 is 2.12 bits per heavy atom. The summed E-state index contributed by atoms with van der Waals surface area (Å²) in [6.07, 6.45) is 2.98. The third-order valence-corrected chi connectivity index (χ3v) is 2.33. The van der Waals surface area contributed by atoms with Crippen LogP contribution in [0.5, 0.6) is 0 Å². The summed E-state index contributed by atoms with van der Waals surface area (Å²) in [6.45, 7) is 0.359. The summed E-state index contributed by atoms with van der Waals surface area (Å²) < 4.78 is 1.57. The molecule has 0 bridgehead atoms. The maximum Gasteiger partial charge on any atom is 0.137 e. The minimum absolute atomic E-state index is 0.359. The highest BCUT2D eigenvalue weighted by atomic mass is 35.5. The van der Waals surface area contributed by atoms with Crippen molar-refractivity contribution in [3.63, 3.8) is 0 Å². The Balaban J connectivity index is 2.20. The molecule has 0 saturated heterocycles. The number of hydrogen-bond donors (Lipinski definition) is 1. The van der Waals surface area contributed by atoms with Gasteiger partial charge in [0.25, 0.3) is 0 Å². The molecule has 0 fully saturated rings. The van der Waals surface area contributed by atoms with Gasteiger partial charge in [-0.1, -0.05) is 28.9 Å². The number of halogens is 1. The van der Waals surface area contributed by atoms with Crippen LogP contribution in [0.3, 0.4) is 0 Å². The van der Waals surface area contributed by atoms with Crippen molar-refractivity contribution in [2.24, 2.45) is 5.16 Å². The second kappa shape index (κ2) is 4.76. The van der Waals surface area contributed by atoms with Crippen LogP contribution in [0, 0.1) is 0 Å². The molecule has 6 heteroatoms. The lowest BCUT2D eigenvalue weighted by atomic mass is 10.1. The largest absolute Gasteiger partial charge is 0.411 e. The van der Waals surface area contributed by atoms with E-state index in [9.17, 15) is 0 Å². The van der Waals surface area contributed by atoms with E-state index in [2.05, 4.69) is 15.2 Å². The monoisotopic (exact) mass is 236 g/mol. The van der Waals surface area contributed by atoms with Crippen molar-refractivity contribution < 1.29 is 5.21 Å². The van der Waals surface area contributed by atoms with Crippen molar-refractivity contribution in [3.05, 3.63) is 47.5 Å². The average molecular weight is 237 g/mol. The van der Waals surface area contributed by atoms with Crippen molar-refractivity contribution in [2.45, 2.75) is 6.54 Å². The minimum atomic E-state index is 0.359. The van der Waals surface area contributed by atoms with Crippen LogP contribution in [0.2, 0.25) is 5.02 Å². The second-order valence-electron chi connectivity index (χ2n) is 3.15. The van der Waals surface area contributed by atoms with Gasteiger partial charge in [0.05, 0.1) is 6.54 Å². The zero-order valence-corrected chi connectivity index (χ0v) is 9.04. The molecule has 2 aromatic rings. The summed E-state index contributed by atoms with van der Waals surface area (Å²) in [5.41, 5.74) is 1.30. The fraction of sp³-hybridized carbons (Fsp3) is 0.100. The molecule has 0 aliphatic carbocycles. The Bertz CT molecular complexity index is 478. The quantitative estimate of drug-likeness (QED) is 0.502. The maximum atomic E-state index is 8.94. The van der Waals surface area contributed by atoms with Crippen molar-refractivity contribution in [3.8, 4) is 0 Å². The average Bonchev–Trinajstić information content (AvgIpc) is 2.80. The zero-order chi connectivity index (χ0) is 11.4. The topological polar surface area (TPSA) is 63.3 Å². The van der Waals surface area contributed by atoms with Gasteiger partial charge in [0.2, 0.25) is 0 Å². The first-order valence-electron chi connectivity index (χ1n) is 4.59. The predicted molar refractivity (Wildman–Crippen MR) is 59.8 cm³/mol. The highest BCUT2D eigenvalue weighted by Crippen LogP contribution is 2.11. The van der Waals surface area contributed by atoms with Gasteiger partial charge in [-0.3, -0.25) is 0 Å². The molecule has 1 aromatic heterocycles. The Morgan fingerprint density at radius 1 is 1.38 bits per heavy atom. The van der Waals surface area contributed by atoms with Crippen LogP contribution < -0.4 is 0 Å². The van der Waals surface area contributed by atoms with Gasteiger partial charge >= 0.3 is 0 Å². The first kappa shape index (κ1) is 10.6. The second-order valence-corrected chi connectivity index (χ2v) is 3.58. The first-order chi connectivity index (χ1) is 7.79. The van der Waals surface area contributed by atoms with Gasteiger partial charge < -0.3 is 5.21 Å². The molecule has 0 aliphatic rings. The summed E-state index contributed by atoms with van der Waals surface area (Å²) in [7, 11) is 0. The number of hydrogen-bond acceptors (Lipinski definition) is 4. The number of benzene rings is 1. The first-order valence-corrected chi connectivity index (χ1v) is 4.96. The molecule has 0 unspecified atom stereocenters. The summed E-state index contributed by atoms with van der Waals surface area (Å²) in [5.74, 6) is 0. The summed E-state index contributed by atoms with van der Waals surface area (Å²) in [5, 5.41) is 16.8. The number of oxime groups is 1. The van der Waals surface area contributed by atoms with Crippen molar-refractivity contribution in [1.82, 2.24) is 14.8 Å². The van der Waals surface area contributed by atoms with E-state index >= 15 is 0 Å². The molecule has 2 rings (SSSR count). The molecule has 1 heterocycles. The standard InChI is InChI=1S/C10H9ClN4O/c11-9-3-1-8(2-4-9)10(14-16)5-15-7-12-6-13-15/h1-4,6-7,16H,5H2. The van der Waals surface area contributed by atoms with Crippen LogP contribution >= 0.6 is 11.6 Å². The highest BCUT2D eigenvalue weighted by molar-refractivity contribution is 6.30. The summed E-state index contributed by atoms with van der Waals surface area (Å²) in [6, 6.07) is 7.05. The molecule has 82 valence electrons. The highest BCUT2D eigenvalue weighted by Gasteiger charge is 2.05. The van der Waals surface area contributed by atoms with Crippen LogP contribution in [0.4, 0.5) is 0 Å². The lowest BCUT2D eigenvalue weighted by Gasteiger charge is -2.04. The molecular formula is C10H9ClN4O. The van der Waals surface area contributed by atoms with Crippen LogP contribution in [0.1, 0.15) is 5.56 Å². The Labute approximate surface area is 97.0 Å². The van der Waals surface area contributed by atoms with Gasteiger partial charge in [0, 0.05) is 10.6 Å². The Morgan fingerprint density at radius 3 is 2.69 bits per heavy atom. The SMILES string of the molecule is ON=C(Cn1cncn1)c1ccc(Cl)cc1. The number of aromatic nitrogens is 3. The third kappa shape index (κ3) is 2.38. The van der Waals surface area contributed by atoms with Crippen molar-refractivity contribution in [1.29, 1.82) is 0 Å². The van der Waals surface area contributed by atoms with Gasteiger partial charge in [0.15, 0.2) is 0 Å². The van der Waals surface area contributed by atoms with Crippen LogP contribution in [0.15, 0.2) is 42.1 Å². The van der Waals surface area contributed by atoms with E-state index in [1.807, 2.05) is 0 Å². The molecule has 1 aromatic carbocycles. The van der Waals surface area contributed by atoms with Crippen molar-refractivity contribution >= 4 is 17.3 Å². The van der Waals surface area contributed by atoms with Gasteiger partial charge in [-0.15, -0.1) is 0 Å². The molecule has 1 N–H and O–H groups in total. The van der Waals surface area contributed by atoms with Gasteiger partial charge in [-0.05, 0) is 12.1 Å². The zero-order valence-electron chi connectivity index (χ0n) is 8.29. The van der Waals surface area contributed by atoms with Gasteiger partial charge in [-0.25, -0.2) is 9.67 Å². The normalized spacial score (nSPS) is 11.7. The number of rotatable bonds is 3. The Hall–Kier alpha value is -1.88. The molecule has 0 radical (unpaired) electrons. The fourth-order valence-corrected chi connectivity index (χ4v) is 1.42. The lowest BCUT2D eigenvalue weighted by Crippen LogP contribution is -2.12. The molecule has 0 amide bonds. The van der Waals surface area contributed by atoms with Gasteiger partial charge in [-0.2, -0.15) is 5.10 Å². The van der Waals surface area contributed by atoms with E-state index in [1.54, 1.807) is 35.3 Å². The van der Waals surface area contributed by atoms with Gasteiger partial charge in [0.1, 0.15) is 18.4 Å². The lowest BCUT2D eigenvalue weighted by molar-refractivity contribution is 0.317. The molecule has 0 spiro atoms. The fourth-order valence-electron chi connectivity index (χ4n) is 1.29. The van der Waals surface area contributed by atoms with Crippen molar-refractivity contribution in [2.75, 3.05) is 0 Å². The molecule has 0 atom stereocenters. The van der Waals surface area contributed by atoms with Crippen LogP contribution in [-0.4, -0.2) is 25.7 Å². The van der Waals surface area contributed by atoms with Crippen LogP contribution in [-0.2, 0) is 6.54 Å². The van der Waals surface area contributed by atoms with E-state index in [0.717, 1.165) is 5.56 Å². The predicted octanol–water partition coefficient (Wildman–Crippen LogP) is 1.81. The van der Waals surface area contributed by atoms with E-state index in [-0.39, 0.29) is 0 Å². The van der Waals surface area contributed by atoms with E-state index < -0.39 is 0 Å². The smallest absolute Gasteiger partial charge is 0.137 e. The Kier molecular flexibility index (Phi) is 3.16. The summed E-state index contributed by atoms with van der Waals surface area (Å²) in [4.78, 5) is 3.81. The molecule has 0 aliphatic heterocycles. The third-order valence-electron chi connectivity index (χ3n) is 2.08. The van der Waals surface area contributed by atoms with Crippen LogP contribution in [0.25, 0.3) is 0 Å². The summed E-state index contributed by atoms with van der Waals surface area (Å²) >= 11 is 5.77. The maximum absolute atomic E-state index is 8.94. The van der Waals surface area contributed by atoms with E-state index in [4.69, 9.17) is 16.8 Å². The molecular weight excluding hydrogens is 228 g/mol. The molecule has 0 saturated carbocycles. The van der Waals surface area contributed by atoms with E-state index in [1.165, 1.54) is 6.33 Å². The molecule has 16 heavy (non-hydrogen) atoms. The molecule has 5 nitrogen and oxygen atoms in total. The number of nitrogens with zero attached hydrogens (tertiary/aromatic N) is 4. The van der Waals surface area contributed by atoms with E-state index in [0.29, 0.717) is 17.3 Å².